The molecule has 0 bridgehead atoms. The van der Waals surface area contributed by atoms with E-state index >= 15 is 0 Å². The average molecular weight is 295 g/mol. The number of nitrogens with zero attached hydrogens (tertiary/aromatic N) is 1. The van der Waals surface area contributed by atoms with Crippen molar-refractivity contribution in [3.05, 3.63) is 28.8 Å². The Kier molecular flexibility index (Phi) is 5.30. The zero-order valence-electron chi connectivity index (χ0n) is 12.3. The van der Waals surface area contributed by atoms with Crippen molar-refractivity contribution in [1.29, 1.82) is 0 Å². The number of halogens is 1. The molecule has 0 aliphatic carbocycles. The first kappa shape index (κ1) is 15.2. The number of likely N-dealkylation sites (tertiary alicyclic amines) is 1. The Morgan fingerprint density at radius 1 is 1.40 bits per heavy atom. The highest BCUT2D eigenvalue weighted by atomic mass is 35.5. The van der Waals surface area contributed by atoms with Gasteiger partial charge in [-0.05, 0) is 50.8 Å². The number of carbonyl (C=O) groups excluding carboxylic acids is 1. The number of amides is 1. The van der Waals surface area contributed by atoms with Crippen LogP contribution in [0.15, 0.2) is 18.2 Å². The fourth-order valence-electron chi connectivity index (χ4n) is 2.89. The van der Waals surface area contributed by atoms with E-state index in [4.69, 9.17) is 11.6 Å². The summed E-state index contributed by atoms with van der Waals surface area (Å²) in [5.74, 6) is 0.106. The van der Waals surface area contributed by atoms with Gasteiger partial charge in [0.15, 0.2) is 0 Å². The Bertz CT molecular complexity index is 476. The summed E-state index contributed by atoms with van der Waals surface area (Å²) in [7, 11) is 0. The number of carbonyl (C=O) groups is 1. The third-order valence-corrected chi connectivity index (χ3v) is 4.17. The summed E-state index contributed by atoms with van der Waals surface area (Å²) < 4.78 is 0. The van der Waals surface area contributed by atoms with Crippen LogP contribution in [0.4, 0.5) is 5.69 Å². The van der Waals surface area contributed by atoms with Crippen LogP contribution in [0.1, 0.15) is 49.9 Å². The highest BCUT2D eigenvalue weighted by molar-refractivity contribution is 6.31. The number of rotatable bonds is 4. The zero-order chi connectivity index (χ0) is 14.5. The molecular weight excluding hydrogens is 272 g/mol. The number of anilines is 1. The molecule has 1 saturated heterocycles. The first-order chi connectivity index (χ1) is 9.67. The van der Waals surface area contributed by atoms with E-state index < -0.39 is 0 Å². The molecule has 0 radical (unpaired) electrons. The molecular formula is C16H23ClN2O. The molecule has 4 heteroatoms. The lowest BCUT2D eigenvalue weighted by Gasteiger charge is -2.35. The number of nitrogens with one attached hydrogen (secondary N) is 1. The normalized spacial score (nSPS) is 18.9. The van der Waals surface area contributed by atoms with Crippen LogP contribution in [0, 0.1) is 0 Å². The molecule has 0 aromatic heterocycles. The molecule has 1 amide bonds. The lowest BCUT2D eigenvalue weighted by Crippen LogP contribution is -2.43. The molecule has 1 aliphatic heterocycles. The van der Waals surface area contributed by atoms with Gasteiger partial charge in [-0.1, -0.05) is 18.5 Å². The van der Waals surface area contributed by atoms with E-state index in [1.807, 2.05) is 24.0 Å². The van der Waals surface area contributed by atoms with Gasteiger partial charge in [-0.25, -0.2) is 0 Å². The second-order valence-electron chi connectivity index (χ2n) is 5.28. The van der Waals surface area contributed by atoms with Gasteiger partial charge in [0, 0.05) is 29.8 Å². The molecule has 110 valence electrons. The third-order valence-electron chi connectivity index (χ3n) is 3.94. The molecule has 1 aliphatic rings. The van der Waals surface area contributed by atoms with Crippen LogP contribution in [0.5, 0.6) is 0 Å². The summed E-state index contributed by atoms with van der Waals surface area (Å²) >= 11 is 6.07. The number of piperidine rings is 1. The summed E-state index contributed by atoms with van der Waals surface area (Å²) in [5, 5.41) is 3.86. The van der Waals surface area contributed by atoms with Crippen molar-refractivity contribution >= 4 is 23.2 Å². The molecule has 0 saturated carbocycles. The van der Waals surface area contributed by atoms with E-state index in [-0.39, 0.29) is 5.91 Å². The maximum atomic E-state index is 12.8. The summed E-state index contributed by atoms with van der Waals surface area (Å²) in [6, 6.07) is 5.86. The fourth-order valence-corrected chi connectivity index (χ4v) is 3.06. The highest BCUT2D eigenvalue weighted by Gasteiger charge is 2.27. The Labute approximate surface area is 126 Å². The minimum atomic E-state index is 0.106. The van der Waals surface area contributed by atoms with Crippen molar-refractivity contribution in [2.75, 3.05) is 18.4 Å². The van der Waals surface area contributed by atoms with Crippen molar-refractivity contribution in [2.45, 2.75) is 45.6 Å². The second-order valence-corrected chi connectivity index (χ2v) is 5.71. The Morgan fingerprint density at radius 3 is 2.90 bits per heavy atom. The number of benzene rings is 1. The molecule has 3 nitrogen and oxygen atoms in total. The highest BCUT2D eigenvalue weighted by Crippen LogP contribution is 2.26. The van der Waals surface area contributed by atoms with Crippen molar-refractivity contribution in [1.82, 2.24) is 4.90 Å². The van der Waals surface area contributed by atoms with Crippen LogP contribution in [0.3, 0.4) is 0 Å². The maximum absolute atomic E-state index is 12.8. The Balaban J connectivity index is 2.29. The quantitative estimate of drug-likeness (QED) is 0.903. The monoisotopic (exact) mass is 294 g/mol. The first-order valence-corrected chi connectivity index (χ1v) is 7.89. The maximum Gasteiger partial charge on any atom is 0.256 e. The summed E-state index contributed by atoms with van der Waals surface area (Å²) in [6.07, 6.45) is 4.44. The minimum absolute atomic E-state index is 0.106. The van der Waals surface area contributed by atoms with Gasteiger partial charge in [-0.3, -0.25) is 4.79 Å². The van der Waals surface area contributed by atoms with Gasteiger partial charge in [-0.15, -0.1) is 0 Å². The number of hydrogen-bond acceptors (Lipinski definition) is 2. The molecule has 1 heterocycles. The van der Waals surface area contributed by atoms with Crippen LogP contribution in [-0.4, -0.2) is 29.9 Å². The zero-order valence-corrected chi connectivity index (χ0v) is 13.0. The third kappa shape index (κ3) is 3.26. The molecule has 1 unspecified atom stereocenters. The van der Waals surface area contributed by atoms with E-state index in [9.17, 15) is 4.79 Å². The fraction of sp³-hybridized carbons (Fsp3) is 0.562. The summed E-state index contributed by atoms with van der Waals surface area (Å²) in [5.41, 5.74) is 1.57. The standard InChI is InChI=1S/C16H23ClN2O/c1-3-13-7-5-6-10-19(13)16(20)14-11-12(17)8-9-15(14)18-4-2/h8-9,11,13,18H,3-7,10H2,1-2H3. The Hall–Kier alpha value is -1.22. The summed E-state index contributed by atoms with van der Waals surface area (Å²) in [6.45, 7) is 5.83. The van der Waals surface area contributed by atoms with E-state index in [2.05, 4.69) is 12.2 Å². The van der Waals surface area contributed by atoms with Crippen LogP contribution < -0.4 is 5.32 Å². The molecule has 1 aromatic carbocycles. The molecule has 1 N–H and O–H groups in total. The topological polar surface area (TPSA) is 32.3 Å². The minimum Gasteiger partial charge on any atom is -0.385 e. The van der Waals surface area contributed by atoms with Gasteiger partial charge < -0.3 is 10.2 Å². The molecule has 20 heavy (non-hydrogen) atoms. The van der Waals surface area contributed by atoms with Crippen LogP contribution in [-0.2, 0) is 0 Å². The van der Waals surface area contributed by atoms with Crippen molar-refractivity contribution in [2.24, 2.45) is 0 Å². The van der Waals surface area contributed by atoms with Crippen LogP contribution in [0.2, 0.25) is 5.02 Å². The lowest BCUT2D eigenvalue weighted by molar-refractivity contribution is 0.0609. The van der Waals surface area contributed by atoms with Gasteiger partial charge in [0.2, 0.25) is 0 Å². The van der Waals surface area contributed by atoms with Gasteiger partial charge in [0.25, 0.3) is 5.91 Å². The largest absolute Gasteiger partial charge is 0.385 e. The average Bonchev–Trinajstić information content (AvgIpc) is 2.48. The van der Waals surface area contributed by atoms with Crippen LogP contribution in [0.25, 0.3) is 0 Å². The lowest BCUT2D eigenvalue weighted by atomic mass is 9.98. The van der Waals surface area contributed by atoms with Gasteiger partial charge in [0.1, 0.15) is 0 Å². The molecule has 1 fully saturated rings. The molecule has 1 atom stereocenters. The van der Waals surface area contributed by atoms with Gasteiger partial charge >= 0.3 is 0 Å². The molecule has 0 spiro atoms. The van der Waals surface area contributed by atoms with Crippen molar-refractivity contribution < 1.29 is 4.79 Å². The first-order valence-electron chi connectivity index (χ1n) is 7.51. The van der Waals surface area contributed by atoms with Crippen LogP contribution >= 0.6 is 11.6 Å². The molecule has 2 rings (SSSR count). The number of hydrogen-bond donors (Lipinski definition) is 1. The van der Waals surface area contributed by atoms with E-state index in [1.165, 1.54) is 6.42 Å². The van der Waals surface area contributed by atoms with Gasteiger partial charge in [0.05, 0.1) is 5.56 Å². The SMILES string of the molecule is CCNc1ccc(Cl)cc1C(=O)N1CCCCC1CC. The van der Waals surface area contributed by atoms with E-state index in [0.717, 1.165) is 38.0 Å². The smallest absolute Gasteiger partial charge is 0.256 e. The van der Waals surface area contributed by atoms with Crippen molar-refractivity contribution in [3.63, 3.8) is 0 Å². The second kappa shape index (κ2) is 6.98. The van der Waals surface area contributed by atoms with E-state index in [0.29, 0.717) is 16.6 Å². The van der Waals surface area contributed by atoms with Crippen molar-refractivity contribution in [3.8, 4) is 0 Å². The molecule has 1 aromatic rings. The summed E-state index contributed by atoms with van der Waals surface area (Å²) in [4.78, 5) is 14.9. The Morgan fingerprint density at radius 2 is 2.20 bits per heavy atom. The van der Waals surface area contributed by atoms with E-state index in [1.54, 1.807) is 6.07 Å². The van der Waals surface area contributed by atoms with Gasteiger partial charge in [-0.2, -0.15) is 0 Å². The predicted octanol–water partition coefficient (Wildman–Crippen LogP) is 4.18. The predicted molar refractivity (Wildman–Crippen MR) is 84.6 cm³/mol.